The van der Waals surface area contributed by atoms with Crippen LogP contribution in [0.2, 0.25) is 0 Å². The van der Waals surface area contributed by atoms with Crippen molar-refractivity contribution in [2.24, 2.45) is 0 Å². The summed E-state index contributed by atoms with van der Waals surface area (Å²) in [7, 11) is 4.55. The molecule has 0 saturated heterocycles. The van der Waals surface area contributed by atoms with Gasteiger partial charge in [0.25, 0.3) is 5.91 Å². The Morgan fingerprint density at radius 3 is 2.23 bits per heavy atom. The second-order valence-electron chi connectivity index (χ2n) is 6.38. The molecule has 7 nitrogen and oxygen atoms in total. The van der Waals surface area contributed by atoms with Crippen molar-refractivity contribution in [1.29, 1.82) is 0 Å². The Balaban J connectivity index is 1.60. The number of rotatable bonds is 9. The van der Waals surface area contributed by atoms with Gasteiger partial charge in [0.05, 0.1) is 26.9 Å². The first-order valence-corrected chi connectivity index (χ1v) is 9.33. The average molecular weight is 408 g/mol. The normalized spacial score (nSPS) is 10.2. The maximum Gasteiger partial charge on any atom is 0.255 e. The van der Waals surface area contributed by atoms with Crippen molar-refractivity contribution in [3.63, 3.8) is 0 Å². The molecule has 0 atom stereocenters. The van der Waals surface area contributed by atoms with Gasteiger partial charge in [-0.2, -0.15) is 0 Å². The second kappa shape index (κ2) is 10.2. The number of pyridine rings is 1. The molecule has 0 unspecified atom stereocenters. The molecule has 0 bridgehead atoms. The molecule has 3 aromatic rings. The van der Waals surface area contributed by atoms with Crippen LogP contribution in [0.3, 0.4) is 0 Å². The van der Waals surface area contributed by atoms with E-state index >= 15 is 0 Å². The van der Waals surface area contributed by atoms with Gasteiger partial charge in [0.1, 0.15) is 18.1 Å². The van der Waals surface area contributed by atoms with E-state index in [0.717, 1.165) is 16.9 Å². The smallest absolute Gasteiger partial charge is 0.255 e. The largest absolute Gasteiger partial charge is 0.496 e. The number of hydrogen-bond acceptors (Lipinski definition) is 6. The lowest BCUT2D eigenvalue weighted by Gasteiger charge is -2.14. The first-order valence-electron chi connectivity index (χ1n) is 9.33. The molecule has 0 radical (unpaired) electrons. The number of amides is 1. The van der Waals surface area contributed by atoms with E-state index in [-0.39, 0.29) is 5.91 Å². The lowest BCUT2D eigenvalue weighted by Crippen LogP contribution is -2.23. The minimum absolute atomic E-state index is 0.273. The Bertz CT molecular complexity index is 975. The summed E-state index contributed by atoms with van der Waals surface area (Å²) in [6.45, 7) is 0.808. The van der Waals surface area contributed by atoms with Crippen molar-refractivity contribution in [1.82, 2.24) is 10.3 Å². The fourth-order valence-corrected chi connectivity index (χ4v) is 2.84. The average Bonchev–Trinajstić information content (AvgIpc) is 2.81. The van der Waals surface area contributed by atoms with Gasteiger partial charge in [-0.3, -0.25) is 9.78 Å². The Kier molecular flexibility index (Phi) is 7.10. The van der Waals surface area contributed by atoms with Crippen LogP contribution < -0.4 is 24.3 Å². The van der Waals surface area contributed by atoms with Crippen LogP contribution in [0, 0.1) is 0 Å². The molecule has 7 heteroatoms. The summed E-state index contributed by atoms with van der Waals surface area (Å²) in [4.78, 5) is 16.7. The molecule has 2 aromatic carbocycles. The summed E-state index contributed by atoms with van der Waals surface area (Å²) in [5.74, 6) is 1.83. The van der Waals surface area contributed by atoms with Crippen LogP contribution >= 0.6 is 0 Å². The minimum Gasteiger partial charge on any atom is -0.496 e. The van der Waals surface area contributed by atoms with Gasteiger partial charge in [-0.25, -0.2) is 0 Å². The number of ether oxygens (including phenoxy) is 4. The highest BCUT2D eigenvalue weighted by Crippen LogP contribution is 2.34. The molecule has 0 spiro atoms. The molecule has 0 aliphatic carbocycles. The fraction of sp³-hybridized carbons (Fsp3) is 0.217. The number of carbonyl (C=O) groups is 1. The first-order chi connectivity index (χ1) is 14.6. The molecule has 1 N–H and O–H groups in total. The maximum atomic E-state index is 12.7. The van der Waals surface area contributed by atoms with Gasteiger partial charge in [0, 0.05) is 36.6 Å². The van der Waals surface area contributed by atoms with Crippen molar-refractivity contribution < 1.29 is 23.7 Å². The quantitative estimate of drug-likeness (QED) is 0.583. The van der Waals surface area contributed by atoms with E-state index in [1.807, 2.05) is 36.4 Å². The molecule has 1 heterocycles. The highest BCUT2D eigenvalue weighted by Gasteiger charge is 2.17. The predicted octanol–water partition coefficient (Wildman–Crippen LogP) is 3.62. The van der Waals surface area contributed by atoms with Crippen LogP contribution in [0.1, 0.15) is 21.5 Å². The zero-order valence-electron chi connectivity index (χ0n) is 17.2. The van der Waals surface area contributed by atoms with Crippen LogP contribution in [-0.2, 0) is 13.2 Å². The van der Waals surface area contributed by atoms with E-state index < -0.39 is 0 Å². The predicted molar refractivity (Wildman–Crippen MR) is 112 cm³/mol. The summed E-state index contributed by atoms with van der Waals surface area (Å²) in [6.07, 6.45) is 3.50. The Hall–Kier alpha value is -3.74. The third kappa shape index (κ3) is 5.20. The maximum absolute atomic E-state index is 12.7. The molecule has 0 aliphatic rings. The van der Waals surface area contributed by atoms with Gasteiger partial charge >= 0.3 is 0 Å². The van der Waals surface area contributed by atoms with Gasteiger partial charge < -0.3 is 24.3 Å². The molecule has 3 rings (SSSR count). The number of benzene rings is 2. The molecular formula is C23H24N2O5. The van der Waals surface area contributed by atoms with Crippen molar-refractivity contribution in [3.8, 4) is 23.0 Å². The number of methoxy groups -OCH3 is 3. The summed E-state index contributed by atoms with van der Waals surface area (Å²) < 4.78 is 21.6. The zero-order valence-corrected chi connectivity index (χ0v) is 17.2. The van der Waals surface area contributed by atoms with Crippen molar-refractivity contribution in [2.45, 2.75) is 13.2 Å². The molecule has 1 amide bonds. The second-order valence-corrected chi connectivity index (χ2v) is 6.38. The molecule has 0 fully saturated rings. The molecule has 1 aromatic heterocycles. The number of nitrogens with one attached hydrogen (secondary N) is 1. The van der Waals surface area contributed by atoms with Gasteiger partial charge in [-0.05, 0) is 23.8 Å². The van der Waals surface area contributed by atoms with Crippen molar-refractivity contribution >= 4 is 5.91 Å². The monoisotopic (exact) mass is 408 g/mol. The summed E-state index contributed by atoms with van der Waals surface area (Å²) in [6, 6.07) is 14.6. The van der Waals surface area contributed by atoms with E-state index in [1.165, 1.54) is 21.3 Å². The van der Waals surface area contributed by atoms with E-state index in [2.05, 4.69) is 10.3 Å². The fourth-order valence-electron chi connectivity index (χ4n) is 2.84. The Morgan fingerprint density at radius 2 is 1.60 bits per heavy atom. The van der Waals surface area contributed by atoms with E-state index in [1.54, 1.807) is 24.5 Å². The Labute approximate surface area is 175 Å². The lowest BCUT2D eigenvalue weighted by molar-refractivity contribution is 0.0947. The lowest BCUT2D eigenvalue weighted by atomic mass is 10.1. The van der Waals surface area contributed by atoms with Crippen LogP contribution in [0.5, 0.6) is 23.0 Å². The summed E-state index contributed by atoms with van der Waals surface area (Å²) >= 11 is 0. The number of nitrogens with zero attached hydrogens (tertiary/aromatic N) is 1. The molecule has 0 aliphatic heterocycles. The number of hydrogen-bond donors (Lipinski definition) is 1. The van der Waals surface area contributed by atoms with E-state index in [4.69, 9.17) is 18.9 Å². The van der Waals surface area contributed by atoms with Crippen LogP contribution in [0.25, 0.3) is 0 Å². The van der Waals surface area contributed by atoms with Crippen LogP contribution in [0.4, 0.5) is 0 Å². The topological polar surface area (TPSA) is 78.9 Å². The first kappa shape index (κ1) is 21.0. The third-order valence-corrected chi connectivity index (χ3v) is 4.46. The van der Waals surface area contributed by atoms with Gasteiger partial charge in [0.2, 0.25) is 0 Å². The van der Waals surface area contributed by atoms with E-state index in [9.17, 15) is 4.79 Å². The van der Waals surface area contributed by atoms with Crippen LogP contribution in [-0.4, -0.2) is 32.2 Å². The number of carbonyl (C=O) groups excluding carboxylic acids is 1. The molecule has 156 valence electrons. The minimum atomic E-state index is -0.273. The van der Waals surface area contributed by atoms with E-state index in [0.29, 0.717) is 36.0 Å². The zero-order chi connectivity index (χ0) is 21.3. The number of aromatic nitrogens is 1. The summed E-state index contributed by atoms with van der Waals surface area (Å²) in [5.41, 5.74) is 2.31. The highest BCUT2D eigenvalue weighted by atomic mass is 16.5. The third-order valence-electron chi connectivity index (χ3n) is 4.46. The summed E-state index contributed by atoms with van der Waals surface area (Å²) in [5, 5.41) is 2.89. The van der Waals surface area contributed by atoms with Gasteiger partial charge in [0.15, 0.2) is 11.5 Å². The highest BCUT2D eigenvalue weighted by molar-refractivity contribution is 5.97. The molecular weight excluding hydrogens is 384 g/mol. The SMILES string of the molecule is COc1cc(OC)c(C(=O)NCc2ccc(OCc3cccnc3)cc2)cc1OC. The van der Waals surface area contributed by atoms with Gasteiger partial charge in [-0.15, -0.1) is 0 Å². The molecule has 30 heavy (non-hydrogen) atoms. The van der Waals surface area contributed by atoms with Crippen molar-refractivity contribution in [2.75, 3.05) is 21.3 Å². The molecule has 0 saturated carbocycles. The van der Waals surface area contributed by atoms with Crippen LogP contribution in [0.15, 0.2) is 60.9 Å². The van der Waals surface area contributed by atoms with Crippen molar-refractivity contribution in [3.05, 3.63) is 77.6 Å². The Morgan fingerprint density at radius 1 is 0.900 bits per heavy atom. The standard InChI is InChI=1S/C23H24N2O5/c1-27-20-12-22(29-3)21(28-2)11-19(20)23(26)25-14-16-6-8-18(9-7-16)30-15-17-5-4-10-24-13-17/h4-13H,14-15H2,1-3H3,(H,25,26). The van der Waals surface area contributed by atoms with Gasteiger partial charge in [-0.1, -0.05) is 18.2 Å².